The summed E-state index contributed by atoms with van der Waals surface area (Å²) in [4.78, 5) is 16.8. The van der Waals surface area contributed by atoms with Crippen molar-refractivity contribution < 1.29 is 4.79 Å². The summed E-state index contributed by atoms with van der Waals surface area (Å²) in [5, 5.41) is 0. The van der Waals surface area contributed by atoms with E-state index in [0.717, 1.165) is 25.3 Å². The van der Waals surface area contributed by atoms with E-state index in [1.165, 1.54) is 51.9 Å². The number of carbonyl (C=O) groups excluding carboxylic acids is 1. The highest BCUT2D eigenvalue weighted by molar-refractivity contribution is 5.79. The van der Waals surface area contributed by atoms with Crippen molar-refractivity contribution >= 4 is 5.78 Å². The number of carbonyl (C=O) groups is 1. The van der Waals surface area contributed by atoms with E-state index < -0.39 is 0 Å². The fourth-order valence-corrected chi connectivity index (χ4v) is 3.82. The molecule has 0 amide bonds. The molecule has 0 spiro atoms. The van der Waals surface area contributed by atoms with E-state index in [1.54, 1.807) is 0 Å². The lowest BCUT2D eigenvalue weighted by molar-refractivity contribution is -0.121. The summed E-state index contributed by atoms with van der Waals surface area (Å²) < 4.78 is 0. The standard InChI is InChI=1S/C14H24N2O/c17-14-5-3-4-12(10-14)16-9-6-13(11-16)15-7-1-2-8-15/h12-13H,1-11H2. The van der Waals surface area contributed by atoms with Crippen LogP contribution >= 0.6 is 0 Å². The maximum Gasteiger partial charge on any atom is 0.134 e. The Morgan fingerprint density at radius 1 is 0.882 bits per heavy atom. The average molecular weight is 236 g/mol. The van der Waals surface area contributed by atoms with E-state index >= 15 is 0 Å². The van der Waals surface area contributed by atoms with E-state index in [2.05, 4.69) is 9.80 Å². The Kier molecular flexibility index (Phi) is 3.48. The van der Waals surface area contributed by atoms with E-state index in [-0.39, 0.29) is 0 Å². The van der Waals surface area contributed by atoms with E-state index in [0.29, 0.717) is 11.8 Å². The van der Waals surface area contributed by atoms with E-state index in [4.69, 9.17) is 0 Å². The Labute approximate surface area is 104 Å². The van der Waals surface area contributed by atoms with Gasteiger partial charge in [0, 0.05) is 38.0 Å². The lowest BCUT2D eigenvalue weighted by Gasteiger charge is -2.31. The van der Waals surface area contributed by atoms with E-state index in [1.807, 2.05) is 0 Å². The molecule has 3 aliphatic rings. The Hall–Kier alpha value is -0.410. The van der Waals surface area contributed by atoms with Gasteiger partial charge in [-0.15, -0.1) is 0 Å². The molecule has 17 heavy (non-hydrogen) atoms. The van der Waals surface area contributed by atoms with Crippen LogP contribution in [0.5, 0.6) is 0 Å². The molecule has 3 rings (SSSR count). The quantitative estimate of drug-likeness (QED) is 0.728. The molecular weight excluding hydrogens is 212 g/mol. The zero-order chi connectivity index (χ0) is 11.7. The van der Waals surface area contributed by atoms with Crippen LogP contribution in [0.3, 0.4) is 0 Å². The van der Waals surface area contributed by atoms with Crippen molar-refractivity contribution in [1.29, 1.82) is 0 Å². The first-order chi connectivity index (χ1) is 8.33. The molecule has 2 aliphatic heterocycles. The normalized spacial score (nSPS) is 36.8. The largest absolute Gasteiger partial charge is 0.300 e. The van der Waals surface area contributed by atoms with Gasteiger partial charge < -0.3 is 0 Å². The molecule has 0 N–H and O–H groups in total. The van der Waals surface area contributed by atoms with Gasteiger partial charge in [-0.3, -0.25) is 14.6 Å². The molecule has 3 fully saturated rings. The predicted octanol–water partition coefficient (Wildman–Crippen LogP) is 1.67. The Balaban J connectivity index is 1.54. The van der Waals surface area contributed by atoms with Crippen LogP contribution in [0, 0.1) is 0 Å². The van der Waals surface area contributed by atoms with Crippen LogP contribution in [-0.2, 0) is 4.79 Å². The predicted molar refractivity (Wildman–Crippen MR) is 68.0 cm³/mol. The van der Waals surface area contributed by atoms with Gasteiger partial charge in [0.05, 0.1) is 0 Å². The van der Waals surface area contributed by atoms with Crippen molar-refractivity contribution in [3.63, 3.8) is 0 Å². The van der Waals surface area contributed by atoms with Gasteiger partial charge in [0.2, 0.25) is 0 Å². The van der Waals surface area contributed by atoms with Gasteiger partial charge >= 0.3 is 0 Å². The second-order valence-corrected chi connectivity index (χ2v) is 5.97. The summed E-state index contributed by atoms with van der Waals surface area (Å²) in [6.07, 6.45) is 8.13. The molecule has 0 aromatic heterocycles. The van der Waals surface area contributed by atoms with Gasteiger partial charge in [-0.2, -0.15) is 0 Å². The first kappa shape index (κ1) is 11.7. The molecule has 1 aliphatic carbocycles. The topological polar surface area (TPSA) is 23.6 Å². The number of hydrogen-bond acceptors (Lipinski definition) is 3. The average Bonchev–Trinajstić information content (AvgIpc) is 3.00. The number of likely N-dealkylation sites (tertiary alicyclic amines) is 2. The van der Waals surface area contributed by atoms with Gasteiger partial charge in [-0.1, -0.05) is 0 Å². The van der Waals surface area contributed by atoms with Crippen molar-refractivity contribution in [3.8, 4) is 0 Å². The van der Waals surface area contributed by atoms with Gasteiger partial charge in [0.1, 0.15) is 5.78 Å². The van der Waals surface area contributed by atoms with Crippen molar-refractivity contribution in [1.82, 2.24) is 9.80 Å². The summed E-state index contributed by atoms with van der Waals surface area (Å²) in [5.41, 5.74) is 0. The maximum absolute atomic E-state index is 11.5. The van der Waals surface area contributed by atoms with Crippen molar-refractivity contribution in [2.45, 2.75) is 57.0 Å². The van der Waals surface area contributed by atoms with Crippen LogP contribution in [0.25, 0.3) is 0 Å². The fraction of sp³-hybridized carbons (Fsp3) is 0.929. The summed E-state index contributed by atoms with van der Waals surface area (Å²) in [6, 6.07) is 1.36. The molecule has 0 bridgehead atoms. The zero-order valence-electron chi connectivity index (χ0n) is 10.7. The summed E-state index contributed by atoms with van der Waals surface area (Å²) in [7, 11) is 0. The molecule has 3 heteroatoms. The van der Waals surface area contributed by atoms with Gasteiger partial charge in [0.25, 0.3) is 0 Å². The summed E-state index contributed by atoms with van der Waals surface area (Å²) in [6.45, 7) is 5.06. The minimum Gasteiger partial charge on any atom is -0.300 e. The molecule has 2 atom stereocenters. The molecule has 96 valence electrons. The Morgan fingerprint density at radius 3 is 2.47 bits per heavy atom. The lowest BCUT2D eigenvalue weighted by Crippen LogP contribution is -2.41. The van der Waals surface area contributed by atoms with Gasteiger partial charge in [0.15, 0.2) is 0 Å². The maximum atomic E-state index is 11.5. The number of rotatable bonds is 2. The molecule has 0 aromatic carbocycles. The highest BCUT2D eigenvalue weighted by atomic mass is 16.1. The highest BCUT2D eigenvalue weighted by Crippen LogP contribution is 2.27. The number of Topliss-reactive ketones (excluding diaryl/α,β-unsaturated/α-hetero) is 1. The van der Waals surface area contributed by atoms with Crippen molar-refractivity contribution in [2.75, 3.05) is 26.2 Å². The third kappa shape index (κ3) is 2.55. The second-order valence-electron chi connectivity index (χ2n) is 5.97. The van der Waals surface area contributed by atoms with Crippen LogP contribution in [-0.4, -0.2) is 53.8 Å². The molecule has 2 saturated heterocycles. The van der Waals surface area contributed by atoms with Crippen LogP contribution in [0.4, 0.5) is 0 Å². The third-order valence-corrected chi connectivity index (χ3v) is 4.82. The van der Waals surface area contributed by atoms with Crippen molar-refractivity contribution in [2.24, 2.45) is 0 Å². The smallest absolute Gasteiger partial charge is 0.134 e. The lowest BCUT2D eigenvalue weighted by atomic mass is 9.93. The Morgan fingerprint density at radius 2 is 1.71 bits per heavy atom. The minimum atomic E-state index is 0.492. The zero-order valence-corrected chi connectivity index (χ0v) is 10.7. The number of hydrogen-bond donors (Lipinski definition) is 0. The molecule has 1 saturated carbocycles. The van der Waals surface area contributed by atoms with Crippen LogP contribution in [0.15, 0.2) is 0 Å². The third-order valence-electron chi connectivity index (χ3n) is 4.82. The molecule has 2 heterocycles. The first-order valence-corrected chi connectivity index (χ1v) is 7.33. The Bertz CT molecular complexity index is 286. The number of nitrogens with zero attached hydrogens (tertiary/aromatic N) is 2. The second kappa shape index (κ2) is 5.07. The first-order valence-electron chi connectivity index (χ1n) is 7.33. The molecule has 0 radical (unpaired) electrons. The summed E-state index contributed by atoms with van der Waals surface area (Å²) in [5.74, 6) is 0.492. The molecular formula is C14H24N2O. The van der Waals surface area contributed by atoms with Crippen LogP contribution in [0.1, 0.15) is 44.9 Å². The van der Waals surface area contributed by atoms with E-state index in [9.17, 15) is 4.79 Å². The van der Waals surface area contributed by atoms with Crippen molar-refractivity contribution in [3.05, 3.63) is 0 Å². The highest BCUT2D eigenvalue weighted by Gasteiger charge is 2.34. The molecule has 0 aromatic rings. The fourth-order valence-electron chi connectivity index (χ4n) is 3.82. The molecule has 2 unspecified atom stereocenters. The molecule has 3 nitrogen and oxygen atoms in total. The number of ketones is 1. The van der Waals surface area contributed by atoms with Gasteiger partial charge in [-0.05, 0) is 45.2 Å². The van der Waals surface area contributed by atoms with Crippen LogP contribution in [0.2, 0.25) is 0 Å². The SMILES string of the molecule is O=C1CCCC(N2CCC(N3CCCC3)C2)C1. The minimum absolute atomic E-state index is 0.492. The van der Waals surface area contributed by atoms with Gasteiger partial charge in [-0.25, -0.2) is 0 Å². The van der Waals surface area contributed by atoms with Crippen LogP contribution < -0.4 is 0 Å². The summed E-state index contributed by atoms with van der Waals surface area (Å²) >= 11 is 0. The monoisotopic (exact) mass is 236 g/mol.